The van der Waals surface area contributed by atoms with Crippen LogP contribution in [0.4, 0.5) is 0 Å². The Morgan fingerprint density at radius 2 is 0.263 bits per heavy atom. The zero-order chi connectivity index (χ0) is 29.7. The second kappa shape index (κ2) is 1120. The number of nitrogens with zero attached hydrogens (tertiary/aromatic N) is 8. The normalized spacial score (nSPS) is 3.58. The molecule has 22 heteroatoms. The van der Waals surface area contributed by atoms with E-state index in [2.05, 4.69) is 0 Å². The Hall–Kier alpha value is -1.97. The number of rotatable bonds is 4. The van der Waals surface area contributed by atoms with E-state index in [9.17, 15) is 0 Å². The summed E-state index contributed by atoms with van der Waals surface area (Å²) in [5.41, 5.74) is 39.2. The molecule has 0 fully saturated rings. The van der Waals surface area contributed by atoms with Gasteiger partial charge in [-0.2, -0.15) is 0 Å². The minimum absolute atomic E-state index is 0. The topological polar surface area (TPSA) is 432 Å². The summed E-state index contributed by atoms with van der Waals surface area (Å²) < 4.78 is 0. The summed E-state index contributed by atoms with van der Waals surface area (Å²) in [6.45, 7) is 42.8. The molecule has 0 heterocycles. The molecule has 0 aromatic rings. The zero-order valence-electron chi connectivity index (χ0n) is 20.0. The van der Waals surface area contributed by atoms with E-state index in [1.54, 1.807) is 0 Å². The molecule has 0 atom stereocenters. The van der Waals surface area contributed by atoms with Crippen LogP contribution in [0, 0.1) is 94.7 Å². The summed E-state index contributed by atoms with van der Waals surface area (Å²) in [6, 6.07) is 0. The monoisotopic (exact) mass is 754 g/mol. The molecule has 0 aliphatic heterocycles. The number of nitrogens with two attached hydrogens (primary N) is 9. The van der Waals surface area contributed by atoms with Gasteiger partial charge in [0.05, 0.1) is 0 Å². The second-order valence-corrected chi connectivity index (χ2v) is 2.31. The van der Waals surface area contributed by atoms with Crippen molar-refractivity contribution in [1.82, 2.24) is 0 Å². The van der Waals surface area contributed by atoms with Crippen molar-refractivity contribution in [2.24, 2.45) is 45.9 Å². The van der Waals surface area contributed by atoms with E-state index in [4.69, 9.17) is 141 Å². The van der Waals surface area contributed by atoms with E-state index in [-0.39, 0.29) is 88.6 Å². The van der Waals surface area contributed by atoms with Gasteiger partial charge in [0.25, 0.3) is 0 Å². The van der Waals surface area contributed by atoms with Crippen molar-refractivity contribution in [3.63, 3.8) is 0 Å². The third kappa shape index (κ3) is 9030. The smallest absolute Gasteiger partial charge is 0.00461 e. The first-order chi connectivity index (χ1) is 15.7. The van der Waals surface area contributed by atoms with Gasteiger partial charge in [-0.05, 0) is 0 Å². The van der Waals surface area contributed by atoms with Crippen LogP contribution >= 0.6 is 0 Å². The van der Waals surface area contributed by atoms with Crippen molar-refractivity contribution in [3.8, 4) is 0 Å². The molecule has 17 nitrogen and oxygen atoms in total. The third-order valence-electron chi connectivity index (χ3n) is 0.667. The second-order valence-electron chi connectivity index (χ2n) is 2.31. The Morgan fingerprint density at radius 1 is 0.237 bits per heavy atom. The Morgan fingerprint density at radius 3 is 0.263 bits per heavy atom. The molecular formula is C16H34N17Ni5-9. The molecule has 0 saturated carbocycles. The van der Waals surface area contributed by atoms with Gasteiger partial charge in [-0.15, -0.1) is 0 Å². The molecule has 18 N–H and O–H groups in total. The molecule has 0 spiro atoms. The van der Waals surface area contributed by atoms with Gasteiger partial charge in [0.2, 0.25) is 0 Å². The van der Waals surface area contributed by atoms with Crippen molar-refractivity contribution in [1.29, 1.82) is 42.1 Å². The molecule has 0 saturated heterocycles. The first-order valence-electron chi connectivity index (χ1n) is 7.05. The van der Waals surface area contributed by atoms with E-state index in [0.717, 1.165) is 0 Å². The molecule has 0 bridgehead atoms. The van der Waals surface area contributed by atoms with Crippen LogP contribution in [0.3, 0.4) is 0 Å². The largest absolute Gasteiger partial charge is 0.693 e. The first kappa shape index (κ1) is 136. The van der Waals surface area contributed by atoms with Gasteiger partial charge in [-0.1, -0.05) is 0 Å². The van der Waals surface area contributed by atoms with Crippen LogP contribution in [0.5, 0.6) is 0 Å². The maximum atomic E-state index is 6.25. The molecular weight excluding hydrogens is 724 g/mol. The van der Waals surface area contributed by atoms with Gasteiger partial charge in [0.15, 0.2) is 0 Å². The Bertz CT molecular complexity index is 240. The molecule has 242 valence electrons. The van der Waals surface area contributed by atoms with Crippen LogP contribution in [0.25, 0.3) is 6.15 Å². The van der Waals surface area contributed by atoms with Gasteiger partial charge >= 0.3 is 0 Å². The predicted molar refractivity (Wildman–Crippen MR) is 117 cm³/mol. The number of hydrogen-bond donors (Lipinski definition) is 8. The standard InChI is InChI=1S/4C2H8N2.8CN.H2N.5Ni/c4*3-1-2-4;8*1-2;;;;;;/h4*1-4H2;;;;;;;;;1H2;;;;;/q;;;;9*-1;;;;;. The summed E-state index contributed by atoms with van der Waals surface area (Å²) in [7, 11) is 0. The average Bonchev–Trinajstić information content (AvgIpc) is 2.97. The average molecular weight is 758 g/mol. The van der Waals surface area contributed by atoms with Gasteiger partial charge in [-0.3, -0.25) is 0 Å². The van der Waals surface area contributed by atoms with Crippen LogP contribution in [0.15, 0.2) is 0 Å². The van der Waals surface area contributed by atoms with Crippen molar-refractivity contribution in [3.05, 3.63) is 58.7 Å². The minimum Gasteiger partial charge on any atom is -0.693 e. The van der Waals surface area contributed by atoms with Crippen molar-refractivity contribution >= 4 is 0 Å². The predicted octanol–water partition coefficient (Wildman–Crippen LogP) is -2.91. The third-order valence-corrected chi connectivity index (χ3v) is 0.667. The zero-order valence-corrected chi connectivity index (χ0v) is 24.9. The summed E-state index contributed by atoms with van der Waals surface area (Å²) in [5, 5.41) is 50.0. The van der Waals surface area contributed by atoms with Gasteiger partial charge < -0.3 is 147 Å². The number of hydrogen-bond acceptors (Lipinski definition) is 16. The quantitative estimate of drug-likeness (QED) is 0.105. The van der Waals surface area contributed by atoms with E-state index in [0.29, 0.717) is 52.4 Å². The Balaban J connectivity index is -0.00000000719. The maximum absolute atomic E-state index is 6.25. The van der Waals surface area contributed by atoms with Crippen LogP contribution in [0.2, 0.25) is 0 Å². The van der Waals surface area contributed by atoms with E-state index >= 15 is 0 Å². The molecule has 0 unspecified atom stereocenters. The van der Waals surface area contributed by atoms with E-state index in [1.807, 2.05) is 0 Å². The minimum atomic E-state index is 0. The van der Waals surface area contributed by atoms with Crippen LogP contribution in [-0.4, -0.2) is 52.4 Å². The molecule has 0 amide bonds. The molecule has 0 rings (SSSR count). The van der Waals surface area contributed by atoms with Crippen molar-refractivity contribution in [2.45, 2.75) is 0 Å². The first-order valence-corrected chi connectivity index (χ1v) is 7.05. The van der Waals surface area contributed by atoms with Crippen molar-refractivity contribution in [2.75, 3.05) is 52.4 Å². The Labute approximate surface area is 280 Å². The van der Waals surface area contributed by atoms with Crippen LogP contribution < -0.4 is 45.9 Å². The molecule has 0 aromatic heterocycles. The van der Waals surface area contributed by atoms with Gasteiger partial charge in [-0.25, -0.2) is 0 Å². The van der Waals surface area contributed by atoms with E-state index in [1.165, 1.54) is 0 Å². The molecule has 38 heavy (non-hydrogen) atoms. The van der Waals surface area contributed by atoms with Crippen LogP contribution in [-0.2, 0) is 82.5 Å². The maximum Gasteiger partial charge on any atom is 0.00461 e. The fourth-order valence-electron chi connectivity index (χ4n) is 0. The molecule has 0 aliphatic carbocycles. The van der Waals surface area contributed by atoms with Gasteiger partial charge in [0.1, 0.15) is 0 Å². The SMILES string of the molecule is NCCN.NCCN.NCCN.NCCN.[C-]#N.[C-]#N.[C-]#N.[C-]#N.[C-]#N.[C-]#N.[C-]#N.[C-]#N.[NH2-].[Ni].[Ni].[Ni].[Ni].[Ni]. The summed E-state index contributed by atoms with van der Waals surface area (Å²) in [4.78, 5) is 0. The van der Waals surface area contributed by atoms with E-state index < -0.39 is 0 Å². The van der Waals surface area contributed by atoms with Gasteiger partial charge in [0, 0.05) is 135 Å². The fourth-order valence-corrected chi connectivity index (χ4v) is 0. The summed E-state index contributed by atoms with van der Waals surface area (Å²) >= 11 is 0. The van der Waals surface area contributed by atoms with Crippen LogP contribution in [0.1, 0.15) is 0 Å². The molecule has 0 radical (unpaired) electrons. The Kier molecular flexibility index (Phi) is 4000. The molecule has 0 aromatic carbocycles. The summed E-state index contributed by atoms with van der Waals surface area (Å²) in [6.07, 6.45) is 0. The summed E-state index contributed by atoms with van der Waals surface area (Å²) in [5.74, 6) is 0. The fraction of sp³-hybridized carbons (Fsp3) is 0.500. The van der Waals surface area contributed by atoms with Crippen molar-refractivity contribution < 1.29 is 82.5 Å². The molecule has 0 aliphatic rings.